The van der Waals surface area contributed by atoms with Gasteiger partial charge in [0.25, 0.3) is 0 Å². The monoisotopic (exact) mass is 330 g/mol. The summed E-state index contributed by atoms with van der Waals surface area (Å²) in [5, 5.41) is 9.90. The van der Waals surface area contributed by atoms with E-state index in [1.807, 2.05) is 0 Å². The van der Waals surface area contributed by atoms with Crippen molar-refractivity contribution in [2.24, 2.45) is 0 Å². The lowest BCUT2D eigenvalue weighted by molar-refractivity contribution is 0.176. The molecule has 0 fully saturated rings. The Morgan fingerprint density at radius 3 is 2.21 bits per heavy atom. The van der Waals surface area contributed by atoms with E-state index in [2.05, 4.69) is 15.9 Å². The number of rotatable bonds is 3. The molecule has 1 N–H and O–H groups in total. The fraction of sp³-hybridized carbons (Fsp3) is 0.143. The van der Waals surface area contributed by atoms with Crippen LogP contribution in [0.5, 0.6) is 0 Å². The number of aliphatic hydroxyl groups excluding tert-OH is 1. The van der Waals surface area contributed by atoms with E-state index >= 15 is 0 Å². The van der Waals surface area contributed by atoms with Crippen LogP contribution in [0.3, 0.4) is 0 Å². The molecule has 2 aromatic carbocycles. The highest BCUT2D eigenvalue weighted by molar-refractivity contribution is 9.10. The van der Waals surface area contributed by atoms with Gasteiger partial charge in [-0.15, -0.1) is 0 Å². The zero-order chi connectivity index (χ0) is 14.0. The molecule has 1 nitrogen and oxygen atoms in total. The van der Waals surface area contributed by atoms with Gasteiger partial charge in [0.15, 0.2) is 0 Å². The first-order chi connectivity index (χ1) is 8.95. The summed E-state index contributed by atoms with van der Waals surface area (Å²) in [6, 6.07) is 7.20. The van der Waals surface area contributed by atoms with E-state index in [4.69, 9.17) is 0 Å². The summed E-state index contributed by atoms with van der Waals surface area (Å²) in [5.74, 6) is -2.03. The molecule has 0 aliphatic heterocycles. The van der Waals surface area contributed by atoms with Crippen molar-refractivity contribution < 1.29 is 18.3 Å². The molecule has 5 heteroatoms. The molecule has 0 radical (unpaired) electrons. The molecule has 1 unspecified atom stereocenters. The molecule has 2 aromatic rings. The van der Waals surface area contributed by atoms with E-state index in [9.17, 15) is 18.3 Å². The number of benzene rings is 2. The van der Waals surface area contributed by atoms with Gasteiger partial charge in [0.05, 0.1) is 6.10 Å². The van der Waals surface area contributed by atoms with Gasteiger partial charge in [-0.3, -0.25) is 0 Å². The molecular formula is C14H10BrF3O. The second kappa shape index (κ2) is 5.75. The molecule has 0 bridgehead atoms. The van der Waals surface area contributed by atoms with E-state index in [-0.39, 0.29) is 17.5 Å². The largest absolute Gasteiger partial charge is 0.388 e. The minimum Gasteiger partial charge on any atom is -0.388 e. The highest BCUT2D eigenvalue weighted by Crippen LogP contribution is 2.23. The van der Waals surface area contributed by atoms with Gasteiger partial charge in [0, 0.05) is 17.0 Å². The van der Waals surface area contributed by atoms with Crippen LogP contribution in [0.1, 0.15) is 17.2 Å². The summed E-state index contributed by atoms with van der Waals surface area (Å²) in [6.07, 6.45) is -1.22. The Bertz CT molecular complexity index is 581. The van der Waals surface area contributed by atoms with Gasteiger partial charge in [-0.2, -0.15) is 0 Å². The van der Waals surface area contributed by atoms with Crippen LogP contribution in [0, 0.1) is 17.5 Å². The van der Waals surface area contributed by atoms with Gasteiger partial charge >= 0.3 is 0 Å². The average Bonchev–Trinajstić information content (AvgIpc) is 2.31. The summed E-state index contributed by atoms with van der Waals surface area (Å²) in [6.45, 7) is 0. The lowest BCUT2D eigenvalue weighted by Crippen LogP contribution is -2.04. The zero-order valence-electron chi connectivity index (χ0n) is 9.71. The van der Waals surface area contributed by atoms with Gasteiger partial charge in [0.1, 0.15) is 17.5 Å². The van der Waals surface area contributed by atoms with Crippen molar-refractivity contribution in [1.29, 1.82) is 0 Å². The molecule has 100 valence electrons. The topological polar surface area (TPSA) is 20.2 Å². The molecule has 0 saturated heterocycles. The van der Waals surface area contributed by atoms with E-state index in [1.54, 1.807) is 6.07 Å². The third kappa shape index (κ3) is 3.58. The second-order valence-electron chi connectivity index (χ2n) is 4.16. The summed E-state index contributed by atoms with van der Waals surface area (Å²) in [4.78, 5) is 0. The Kier molecular flexibility index (Phi) is 4.27. The maximum Gasteiger partial charge on any atom is 0.127 e. The summed E-state index contributed by atoms with van der Waals surface area (Å²) in [5.41, 5.74) is 0.361. The van der Waals surface area contributed by atoms with Gasteiger partial charge in [-0.25, -0.2) is 13.2 Å². The van der Waals surface area contributed by atoms with Crippen LogP contribution in [0.4, 0.5) is 13.2 Å². The number of aliphatic hydroxyl groups is 1. The summed E-state index contributed by atoms with van der Waals surface area (Å²) >= 11 is 3.12. The van der Waals surface area contributed by atoms with Crippen LogP contribution in [-0.4, -0.2) is 5.11 Å². The fourth-order valence-electron chi connectivity index (χ4n) is 1.78. The Hall–Kier alpha value is -1.33. The Morgan fingerprint density at radius 1 is 1.00 bits per heavy atom. The maximum atomic E-state index is 13.6. The molecular weight excluding hydrogens is 321 g/mol. The normalized spacial score (nSPS) is 12.5. The molecule has 0 spiro atoms. The maximum absolute atomic E-state index is 13.6. The molecule has 2 rings (SSSR count). The number of hydrogen-bond donors (Lipinski definition) is 1. The molecule has 19 heavy (non-hydrogen) atoms. The Labute approximate surface area is 116 Å². The molecule has 0 aliphatic carbocycles. The SMILES string of the molecule is OC(Cc1ccc(Br)cc1F)c1cc(F)cc(F)c1. The van der Waals surface area contributed by atoms with Crippen molar-refractivity contribution in [2.45, 2.75) is 12.5 Å². The number of hydrogen-bond acceptors (Lipinski definition) is 1. The van der Waals surface area contributed by atoms with Crippen molar-refractivity contribution in [3.8, 4) is 0 Å². The first-order valence-electron chi connectivity index (χ1n) is 5.53. The van der Waals surface area contributed by atoms with Crippen molar-refractivity contribution in [1.82, 2.24) is 0 Å². The van der Waals surface area contributed by atoms with Crippen LogP contribution in [0.15, 0.2) is 40.9 Å². The van der Waals surface area contributed by atoms with Crippen molar-refractivity contribution in [2.75, 3.05) is 0 Å². The lowest BCUT2D eigenvalue weighted by Gasteiger charge is -2.12. The third-order valence-corrected chi connectivity index (χ3v) is 3.19. The van der Waals surface area contributed by atoms with Crippen molar-refractivity contribution in [3.05, 3.63) is 69.4 Å². The molecule has 0 heterocycles. The van der Waals surface area contributed by atoms with Gasteiger partial charge < -0.3 is 5.11 Å². The first kappa shape index (κ1) is 14.1. The molecule has 0 amide bonds. The van der Waals surface area contributed by atoms with Gasteiger partial charge in [-0.05, 0) is 35.4 Å². The van der Waals surface area contributed by atoms with Crippen LogP contribution in [0.25, 0.3) is 0 Å². The van der Waals surface area contributed by atoms with E-state index < -0.39 is 23.6 Å². The molecule has 0 saturated carbocycles. The fourth-order valence-corrected chi connectivity index (χ4v) is 2.11. The van der Waals surface area contributed by atoms with Gasteiger partial charge in [0.2, 0.25) is 0 Å². The second-order valence-corrected chi connectivity index (χ2v) is 5.07. The quantitative estimate of drug-likeness (QED) is 0.896. The minimum absolute atomic E-state index is 0.0536. The number of halogens is 4. The highest BCUT2D eigenvalue weighted by atomic mass is 79.9. The Balaban J connectivity index is 2.22. The third-order valence-electron chi connectivity index (χ3n) is 2.70. The predicted octanol–water partition coefficient (Wildman–Crippen LogP) is 4.14. The standard InChI is InChI=1S/C14H10BrF3O/c15-10-2-1-8(13(18)6-10)5-14(19)9-3-11(16)7-12(17)4-9/h1-4,6-7,14,19H,5H2. The van der Waals surface area contributed by atoms with Crippen LogP contribution >= 0.6 is 15.9 Å². The van der Waals surface area contributed by atoms with Crippen LogP contribution in [0.2, 0.25) is 0 Å². The Morgan fingerprint density at radius 2 is 1.63 bits per heavy atom. The van der Waals surface area contributed by atoms with Crippen LogP contribution in [-0.2, 0) is 6.42 Å². The van der Waals surface area contributed by atoms with Gasteiger partial charge in [-0.1, -0.05) is 22.0 Å². The van der Waals surface area contributed by atoms with E-state index in [0.29, 0.717) is 4.47 Å². The first-order valence-corrected chi connectivity index (χ1v) is 6.33. The lowest BCUT2D eigenvalue weighted by atomic mass is 10.0. The summed E-state index contributed by atoms with van der Waals surface area (Å²) < 4.78 is 40.2. The van der Waals surface area contributed by atoms with E-state index in [1.165, 1.54) is 12.1 Å². The van der Waals surface area contributed by atoms with Crippen molar-refractivity contribution in [3.63, 3.8) is 0 Å². The smallest absolute Gasteiger partial charge is 0.127 e. The van der Waals surface area contributed by atoms with Crippen molar-refractivity contribution >= 4 is 15.9 Å². The molecule has 0 aliphatic rings. The molecule has 1 atom stereocenters. The predicted molar refractivity (Wildman–Crippen MR) is 69.1 cm³/mol. The highest BCUT2D eigenvalue weighted by Gasteiger charge is 2.14. The average molecular weight is 331 g/mol. The molecule has 0 aromatic heterocycles. The van der Waals surface area contributed by atoms with E-state index in [0.717, 1.165) is 18.2 Å². The van der Waals surface area contributed by atoms with Crippen LogP contribution < -0.4 is 0 Å². The minimum atomic E-state index is -1.17. The summed E-state index contributed by atoms with van der Waals surface area (Å²) in [7, 11) is 0. The zero-order valence-corrected chi connectivity index (χ0v) is 11.3.